The lowest BCUT2D eigenvalue weighted by Gasteiger charge is -2.36. The summed E-state index contributed by atoms with van der Waals surface area (Å²) in [5.74, 6) is 1.23. The van der Waals surface area contributed by atoms with Crippen LogP contribution in [0.4, 0.5) is 24.7 Å². The average Bonchev–Trinajstić information content (AvgIpc) is 3.07. The van der Waals surface area contributed by atoms with Crippen molar-refractivity contribution in [1.29, 1.82) is 0 Å². The number of carbonyl (C=O) groups excluding carboxylic acids is 1. The lowest BCUT2D eigenvalue weighted by Crippen LogP contribution is -2.49. The third-order valence-electron chi connectivity index (χ3n) is 5.08. The van der Waals surface area contributed by atoms with E-state index in [1.165, 1.54) is 12.4 Å². The molecule has 1 unspecified atom stereocenters. The first-order valence-electron chi connectivity index (χ1n) is 9.64. The van der Waals surface area contributed by atoms with Gasteiger partial charge in [-0.2, -0.15) is 18.3 Å². The Hall–Kier alpha value is -2.69. The van der Waals surface area contributed by atoms with Gasteiger partial charge in [-0.3, -0.25) is 9.48 Å². The molecular formula is C20H29F3N6O2. The fourth-order valence-corrected chi connectivity index (χ4v) is 3.55. The van der Waals surface area contributed by atoms with Crippen molar-refractivity contribution in [1.82, 2.24) is 19.7 Å². The third-order valence-corrected chi connectivity index (χ3v) is 5.08. The number of nitrogens with zero attached hydrogens (tertiary/aromatic N) is 5. The lowest BCUT2D eigenvalue weighted by molar-refractivity contribution is -0.208. The molecular weight excluding hydrogens is 413 g/mol. The first-order valence-corrected chi connectivity index (χ1v) is 9.64. The van der Waals surface area contributed by atoms with Crippen molar-refractivity contribution in [3.63, 3.8) is 0 Å². The maximum Gasteiger partial charge on any atom is 0.416 e. The highest BCUT2D eigenvalue weighted by molar-refractivity contribution is 6.03. The second kappa shape index (κ2) is 9.21. The van der Waals surface area contributed by atoms with Crippen LogP contribution in [0.1, 0.15) is 38.4 Å². The van der Waals surface area contributed by atoms with Gasteiger partial charge in [0.1, 0.15) is 17.6 Å². The molecule has 1 amide bonds. The Morgan fingerprint density at radius 2 is 1.94 bits per heavy atom. The van der Waals surface area contributed by atoms with Gasteiger partial charge in [-0.05, 0) is 24.8 Å². The van der Waals surface area contributed by atoms with Gasteiger partial charge in [0, 0.05) is 19.7 Å². The minimum Gasteiger partial charge on any atom is -0.382 e. The SMILES string of the molecule is C.Cc1nc(CCc2cnn(CC(O)C(F)(F)F)c2)nc2c1NC(=O)[C@H](C(C)C)N2C. The molecule has 0 saturated heterocycles. The number of likely N-dealkylation sites (N-methyl/N-ethyl adjacent to an activating group) is 1. The van der Waals surface area contributed by atoms with Gasteiger partial charge in [0.25, 0.3) is 0 Å². The number of hydrogen-bond acceptors (Lipinski definition) is 6. The van der Waals surface area contributed by atoms with Crippen LogP contribution in [0.3, 0.4) is 0 Å². The number of hydrogen-bond donors (Lipinski definition) is 2. The smallest absolute Gasteiger partial charge is 0.382 e. The van der Waals surface area contributed by atoms with E-state index < -0.39 is 18.8 Å². The highest BCUT2D eigenvalue weighted by Crippen LogP contribution is 2.33. The van der Waals surface area contributed by atoms with Gasteiger partial charge < -0.3 is 15.3 Å². The molecule has 0 bridgehead atoms. The first-order chi connectivity index (χ1) is 14.0. The van der Waals surface area contributed by atoms with Gasteiger partial charge in [0.15, 0.2) is 11.9 Å². The molecule has 0 fully saturated rings. The summed E-state index contributed by atoms with van der Waals surface area (Å²) in [5, 5.41) is 15.9. The van der Waals surface area contributed by atoms with Gasteiger partial charge in [-0.25, -0.2) is 9.97 Å². The van der Waals surface area contributed by atoms with E-state index >= 15 is 0 Å². The molecule has 0 spiro atoms. The Balaban J connectivity index is 0.00000341. The second-order valence-electron chi connectivity index (χ2n) is 7.84. The zero-order chi connectivity index (χ0) is 22.2. The van der Waals surface area contributed by atoms with E-state index in [9.17, 15) is 18.0 Å². The number of fused-ring (bicyclic) bond motifs is 1. The molecule has 2 aromatic rings. The number of amides is 1. The molecule has 31 heavy (non-hydrogen) atoms. The molecule has 1 aliphatic rings. The summed E-state index contributed by atoms with van der Waals surface area (Å²) >= 11 is 0. The van der Waals surface area contributed by atoms with Crippen LogP contribution in [0.25, 0.3) is 0 Å². The summed E-state index contributed by atoms with van der Waals surface area (Å²) in [6.07, 6.45) is -3.27. The van der Waals surface area contributed by atoms with Crippen LogP contribution < -0.4 is 10.2 Å². The Morgan fingerprint density at radius 1 is 1.26 bits per heavy atom. The van der Waals surface area contributed by atoms with Crippen molar-refractivity contribution in [2.75, 3.05) is 17.3 Å². The largest absolute Gasteiger partial charge is 0.416 e. The Morgan fingerprint density at radius 3 is 2.55 bits per heavy atom. The van der Waals surface area contributed by atoms with Gasteiger partial charge in [0.05, 0.1) is 18.4 Å². The molecule has 0 saturated carbocycles. The van der Waals surface area contributed by atoms with Crippen LogP contribution in [0.15, 0.2) is 12.4 Å². The van der Waals surface area contributed by atoms with Crippen LogP contribution in [0.5, 0.6) is 0 Å². The van der Waals surface area contributed by atoms with Gasteiger partial charge >= 0.3 is 6.18 Å². The van der Waals surface area contributed by atoms with Gasteiger partial charge in [0.2, 0.25) is 5.91 Å². The summed E-state index contributed by atoms with van der Waals surface area (Å²) in [6, 6.07) is -0.335. The third kappa shape index (κ3) is 5.33. The van der Waals surface area contributed by atoms with E-state index in [2.05, 4.69) is 20.4 Å². The molecule has 11 heteroatoms. The topological polar surface area (TPSA) is 96.2 Å². The lowest BCUT2D eigenvalue weighted by atomic mass is 9.99. The number of aliphatic hydroxyl groups excluding tert-OH is 1. The van der Waals surface area contributed by atoms with Crippen LogP contribution >= 0.6 is 0 Å². The number of nitrogens with one attached hydrogen (secondary N) is 1. The summed E-state index contributed by atoms with van der Waals surface area (Å²) in [4.78, 5) is 23.3. The Bertz CT molecular complexity index is 928. The fraction of sp³-hybridized carbons (Fsp3) is 0.600. The zero-order valence-corrected chi connectivity index (χ0v) is 17.2. The van der Waals surface area contributed by atoms with Crippen molar-refractivity contribution in [2.45, 2.75) is 65.9 Å². The van der Waals surface area contributed by atoms with Crippen LogP contribution in [-0.4, -0.2) is 56.1 Å². The Kier molecular flexibility index (Phi) is 7.30. The first kappa shape index (κ1) is 24.6. The average molecular weight is 442 g/mol. The summed E-state index contributed by atoms with van der Waals surface area (Å²) < 4.78 is 38.5. The predicted octanol–water partition coefficient (Wildman–Crippen LogP) is 2.74. The number of rotatable bonds is 6. The quantitative estimate of drug-likeness (QED) is 0.714. The molecule has 2 aromatic heterocycles. The van der Waals surface area contributed by atoms with Crippen molar-refractivity contribution in [3.8, 4) is 0 Å². The second-order valence-corrected chi connectivity index (χ2v) is 7.84. The number of alkyl halides is 3. The van der Waals surface area contributed by atoms with E-state index in [0.717, 1.165) is 4.68 Å². The fourth-order valence-electron chi connectivity index (χ4n) is 3.55. The van der Waals surface area contributed by atoms with E-state index in [0.29, 0.717) is 41.4 Å². The van der Waals surface area contributed by atoms with E-state index in [1.54, 1.807) is 6.92 Å². The Labute approximate surface area is 179 Å². The molecule has 8 nitrogen and oxygen atoms in total. The number of carbonyl (C=O) groups is 1. The minimum atomic E-state index is -4.68. The molecule has 172 valence electrons. The van der Waals surface area contributed by atoms with E-state index in [1.807, 2.05) is 25.8 Å². The molecule has 3 rings (SSSR count). The molecule has 0 aliphatic carbocycles. The number of aliphatic hydroxyl groups is 1. The van der Waals surface area contributed by atoms with Crippen LogP contribution in [0, 0.1) is 12.8 Å². The van der Waals surface area contributed by atoms with Crippen LogP contribution in [-0.2, 0) is 24.2 Å². The monoisotopic (exact) mass is 442 g/mol. The number of aryl methyl sites for hydroxylation is 3. The molecule has 3 heterocycles. The summed E-state index contributed by atoms with van der Waals surface area (Å²) in [5.41, 5.74) is 1.96. The minimum absolute atomic E-state index is 0. The van der Waals surface area contributed by atoms with Gasteiger partial charge in [-0.1, -0.05) is 21.3 Å². The highest BCUT2D eigenvalue weighted by Gasteiger charge is 2.38. The maximum absolute atomic E-state index is 12.5. The van der Waals surface area contributed by atoms with Crippen molar-refractivity contribution >= 4 is 17.4 Å². The van der Waals surface area contributed by atoms with Crippen molar-refractivity contribution in [3.05, 3.63) is 29.5 Å². The highest BCUT2D eigenvalue weighted by atomic mass is 19.4. The van der Waals surface area contributed by atoms with Crippen LogP contribution in [0.2, 0.25) is 0 Å². The molecule has 2 N–H and O–H groups in total. The maximum atomic E-state index is 12.5. The summed E-state index contributed by atoms with van der Waals surface area (Å²) in [7, 11) is 1.83. The predicted molar refractivity (Wildman–Crippen MR) is 111 cm³/mol. The zero-order valence-electron chi connectivity index (χ0n) is 17.2. The van der Waals surface area contributed by atoms with Gasteiger partial charge in [-0.15, -0.1) is 0 Å². The normalized spacial score (nSPS) is 17.3. The molecule has 0 radical (unpaired) electrons. The standard InChI is InChI=1S/C19H25F3N6O2.CH4/c1-10(2)16-18(30)26-15-11(3)24-14(25-17(15)27(16)4)6-5-12-7-23-28(8-12)9-13(29)19(20,21)22;/h7-8,10,13,16,29H,5-6,9H2,1-4H3,(H,26,30);1H4/t13?,16-;/m0./s1. The van der Waals surface area contributed by atoms with E-state index in [-0.39, 0.29) is 25.3 Å². The van der Waals surface area contributed by atoms with E-state index in [4.69, 9.17) is 5.11 Å². The van der Waals surface area contributed by atoms with Crippen molar-refractivity contribution in [2.24, 2.45) is 5.92 Å². The molecule has 2 atom stereocenters. The molecule has 1 aliphatic heterocycles. The molecule has 0 aromatic carbocycles. The number of halogens is 3. The van der Waals surface area contributed by atoms with Crippen molar-refractivity contribution < 1.29 is 23.1 Å². The number of anilines is 2. The number of aromatic nitrogens is 4. The summed E-state index contributed by atoms with van der Waals surface area (Å²) in [6.45, 7) is 5.07.